The lowest BCUT2D eigenvalue weighted by Gasteiger charge is -2.34. The molecule has 2 aromatic carbocycles. The second kappa shape index (κ2) is 8.44. The van der Waals surface area contributed by atoms with Gasteiger partial charge in [-0.25, -0.2) is 13.1 Å². The summed E-state index contributed by atoms with van der Waals surface area (Å²) in [5, 5.41) is 4.16. The molecule has 4 rings (SSSR count). The summed E-state index contributed by atoms with van der Waals surface area (Å²) in [6.45, 7) is 2.39. The maximum atomic E-state index is 13.0. The standard InChI is InChI=1S/C22H22N4O4S/c1-17(27)19-4-2-5-21(16-19)31(29,30)25-14-12-24(13-15-25)22(28)18-6-8-20(9-7-18)26-11-3-10-23-26/h2-11,16H,12-15H2,1H3. The van der Waals surface area contributed by atoms with E-state index in [0.717, 1.165) is 5.69 Å². The van der Waals surface area contributed by atoms with Gasteiger partial charge in [-0.15, -0.1) is 0 Å². The fraction of sp³-hybridized carbons (Fsp3) is 0.227. The van der Waals surface area contributed by atoms with Gasteiger partial charge in [0.1, 0.15) is 0 Å². The van der Waals surface area contributed by atoms with Crippen LogP contribution in [0.4, 0.5) is 0 Å². The molecule has 0 radical (unpaired) electrons. The predicted octanol–water partition coefficient (Wildman–Crippen LogP) is 2.22. The van der Waals surface area contributed by atoms with Gasteiger partial charge in [0, 0.05) is 49.7 Å². The van der Waals surface area contributed by atoms with E-state index in [1.54, 1.807) is 40.0 Å². The third-order valence-corrected chi connectivity index (χ3v) is 7.18. The first kappa shape index (κ1) is 21.0. The van der Waals surface area contributed by atoms with Crippen LogP contribution in [0.15, 0.2) is 71.9 Å². The van der Waals surface area contributed by atoms with Gasteiger partial charge in [0.15, 0.2) is 5.78 Å². The van der Waals surface area contributed by atoms with Crippen LogP contribution in [0.25, 0.3) is 5.69 Å². The third kappa shape index (κ3) is 4.28. The maximum Gasteiger partial charge on any atom is 0.253 e. The van der Waals surface area contributed by atoms with Crippen LogP contribution in [-0.2, 0) is 10.0 Å². The number of nitrogens with zero attached hydrogens (tertiary/aromatic N) is 4. The second-order valence-corrected chi connectivity index (χ2v) is 9.22. The van der Waals surface area contributed by atoms with Crippen LogP contribution in [0, 0.1) is 0 Å². The molecule has 3 aromatic rings. The number of piperazine rings is 1. The van der Waals surface area contributed by atoms with Gasteiger partial charge in [-0.1, -0.05) is 12.1 Å². The first-order chi connectivity index (χ1) is 14.9. The van der Waals surface area contributed by atoms with Crippen molar-refractivity contribution in [1.82, 2.24) is 19.0 Å². The molecule has 1 saturated heterocycles. The average Bonchev–Trinajstić information content (AvgIpc) is 3.34. The van der Waals surface area contributed by atoms with E-state index in [0.29, 0.717) is 24.2 Å². The molecule has 2 heterocycles. The molecule has 8 nitrogen and oxygen atoms in total. The highest BCUT2D eigenvalue weighted by molar-refractivity contribution is 7.89. The van der Waals surface area contributed by atoms with Crippen molar-refractivity contribution in [2.24, 2.45) is 0 Å². The monoisotopic (exact) mass is 438 g/mol. The van der Waals surface area contributed by atoms with Crippen LogP contribution in [0.3, 0.4) is 0 Å². The Morgan fingerprint density at radius 2 is 1.61 bits per heavy atom. The number of benzene rings is 2. The predicted molar refractivity (Wildman–Crippen MR) is 115 cm³/mol. The van der Waals surface area contributed by atoms with Crippen LogP contribution in [-0.4, -0.2) is 65.3 Å². The summed E-state index contributed by atoms with van der Waals surface area (Å²) < 4.78 is 29.0. The molecule has 31 heavy (non-hydrogen) atoms. The second-order valence-electron chi connectivity index (χ2n) is 7.28. The molecular formula is C22H22N4O4S. The number of sulfonamides is 1. The van der Waals surface area contributed by atoms with Crippen LogP contribution in [0.2, 0.25) is 0 Å². The number of rotatable bonds is 5. The van der Waals surface area contributed by atoms with E-state index in [1.165, 1.54) is 23.4 Å². The van der Waals surface area contributed by atoms with Crippen LogP contribution >= 0.6 is 0 Å². The molecule has 0 aliphatic carbocycles. The summed E-state index contributed by atoms with van der Waals surface area (Å²) in [5.74, 6) is -0.325. The van der Waals surface area contributed by atoms with Crippen molar-refractivity contribution in [1.29, 1.82) is 0 Å². The highest BCUT2D eigenvalue weighted by Crippen LogP contribution is 2.20. The molecule has 0 bridgehead atoms. The van der Waals surface area contributed by atoms with Gasteiger partial charge in [0.25, 0.3) is 5.91 Å². The van der Waals surface area contributed by atoms with Crippen molar-refractivity contribution in [3.63, 3.8) is 0 Å². The lowest BCUT2D eigenvalue weighted by Crippen LogP contribution is -2.50. The summed E-state index contributed by atoms with van der Waals surface area (Å²) in [4.78, 5) is 26.2. The molecule has 9 heteroatoms. The Morgan fingerprint density at radius 1 is 0.903 bits per heavy atom. The lowest BCUT2D eigenvalue weighted by molar-refractivity contribution is 0.0697. The quantitative estimate of drug-likeness (QED) is 0.570. The molecule has 0 saturated carbocycles. The number of Topliss-reactive ketones (excluding diaryl/α,β-unsaturated/α-hetero) is 1. The van der Waals surface area contributed by atoms with Gasteiger partial charge in [-0.2, -0.15) is 9.40 Å². The number of amides is 1. The van der Waals surface area contributed by atoms with E-state index in [9.17, 15) is 18.0 Å². The van der Waals surface area contributed by atoms with Gasteiger partial charge in [-0.3, -0.25) is 9.59 Å². The molecular weight excluding hydrogens is 416 g/mol. The minimum Gasteiger partial charge on any atom is -0.336 e. The third-order valence-electron chi connectivity index (χ3n) is 5.29. The first-order valence-electron chi connectivity index (χ1n) is 9.87. The Bertz CT molecular complexity index is 1200. The smallest absolute Gasteiger partial charge is 0.253 e. The highest BCUT2D eigenvalue weighted by Gasteiger charge is 2.30. The molecule has 1 aliphatic rings. The van der Waals surface area contributed by atoms with Gasteiger partial charge in [0.05, 0.1) is 10.6 Å². The van der Waals surface area contributed by atoms with Crippen molar-refractivity contribution in [3.8, 4) is 5.69 Å². The van der Waals surface area contributed by atoms with Gasteiger partial charge in [-0.05, 0) is 49.4 Å². The van der Waals surface area contributed by atoms with Gasteiger partial charge < -0.3 is 4.90 Å². The Hall–Kier alpha value is -3.30. The van der Waals surface area contributed by atoms with E-state index in [2.05, 4.69) is 5.10 Å². The molecule has 0 spiro atoms. The lowest BCUT2D eigenvalue weighted by atomic mass is 10.1. The zero-order valence-electron chi connectivity index (χ0n) is 17.0. The number of ketones is 1. The normalized spacial score (nSPS) is 15.1. The largest absolute Gasteiger partial charge is 0.336 e. The average molecular weight is 439 g/mol. The van der Waals surface area contributed by atoms with E-state index < -0.39 is 10.0 Å². The summed E-state index contributed by atoms with van der Waals surface area (Å²) in [6.07, 6.45) is 3.51. The zero-order valence-corrected chi connectivity index (χ0v) is 17.8. The number of hydrogen-bond donors (Lipinski definition) is 0. The number of aromatic nitrogens is 2. The number of hydrogen-bond acceptors (Lipinski definition) is 5. The Labute approximate surface area is 180 Å². The molecule has 1 aromatic heterocycles. The zero-order chi connectivity index (χ0) is 22.0. The van der Waals surface area contributed by atoms with Crippen molar-refractivity contribution in [2.75, 3.05) is 26.2 Å². The van der Waals surface area contributed by atoms with Crippen molar-refractivity contribution in [2.45, 2.75) is 11.8 Å². The Kier molecular flexibility index (Phi) is 5.71. The number of carbonyl (C=O) groups excluding carboxylic acids is 2. The first-order valence-corrected chi connectivity index (χ1v) is 11.3. The summed E-state index contributed by atoms with van der Waals surface area (Å²) >= 11 is 0. The Morgan fingerprint density at radius 3 is 2.23 bits per heavy atom. The Balaban J connectivity index is 1.43. The molecule has 1 aliphatic heterocycles. The SMILES string of the molecule is CC(=O)c1cccc(S(=O)(=O)N2CCN(C(=O)c3ccc(-n4cccn4)cc3)CC2)c1. The molecule has 1 fully saturated rings. The van der Waals surface area contributed by atoms with Crippen molar-refractivity contribution < 1.29 is 18.0 Å². The van der Waals surface area contributed by atoms with Gasteiger partial charge in [0.2, 0.25) is 10.0 Å². The van der Waals surface area contributed by atoms with Crippen LogP contribution in [0.5, 0.6) is 0 Å². The van der Waals surface area contributed by atoms with E-state index >= 15 is 0 Å². The summed E-state index contributed by atoms with van der Waals surface area (Å²) in [6, 6.07) is 15.0. The van der Waals surface area contributed by atoms with Gasteiger partial charge >= 0.3 is 0 Å². The molecule has 160 valence electrons. The van der Waals surface area contributed by atoms with E-state index in [1.807, 2.05) is 24.4 Å². The minimum atomic E-state index is -3.73. The van der Waals surface area contributed by atoms with Crippen molar-refractivity contribution >= 4 is 21.7 Å². The molecule has 0 N–H and O–H groups in total. The topological polar surface area (TPSA) is 92.6 Å². The molecule has 0 unspecified atom stereocenters. The van der Waals surface area contributed by atoms with E-state index in [-0.39, 0.29) is 29.7 Å². The van der Waals surface area contributed by atoms with E-state index in [4.69, 9.17) is 0 Å². The highest BCUT2D eigenvalue weighted by atomic mass is 32.2. The summed E-state index contributed by atoms with van der Waals surface area (Å²) in [5.41, 5.74) is 1.75. The fourth-order valence-electron chi connectivity index (χ4n) is 3.52. The fourth-order valence-corrected chi connectivity index (χ4v) is 4.99. The number of carbonyl (C=O) groups is 2. The molecule has 0 atom stereocenters. The minimum absolute atomic E-state index is 0.0918. The van der Waals surface area contributed by atoms with Crippen LogP contribution in [0.1, 0.15) is 27.6 Å². The molecule has 1 amide bonds. The summed E-state index contributed by atoms with van der Waals surface area (Å²) in [7, 11) is -3.73. The van der Waals surface area contributed by atoms with Crippen LogP contribution < -0.4 is 0 Å². The maximum absolute atomic E-state index is 13.0. The van der Waals surface area contributed by atoms with Crippen molar-refractivity contribution in [3.05, 3.63) is 78.1 Å².